The molecule has 0 fully saturated rings. The molecule has 0 saturated carbocycles. The zero-order valence-electron chi connectivity index (χ0n) is 16.6. The van der Waals surface area contributed by atoms with Crippen molar-refractivity contribution < 1.29 is 22.2 Å². The summed E-state index contributed by atoms with van der Waals surface area (Å²) in [5, 5.41) is 0. The summed E-state index contributed by atoms with van der Waals surface area (Å²) in [6.07, 6.45) is 14.6. The molecule has 150 valence electrons. The maximum absolute atomic E-state index is 12.2. The molecule has 0 saturated heterocycles. The van der Waals surface area contributed by atoms with Gasteiger partial charge in [0.1, 0.15) is 0 Å². The molecule has 0 atom stereocenters. The van der Waals surface area contributed by atoms with Gasteiger partial charge >= 0.3 is 5.91 Å². The topological polar surface area (TPSA) is 74.3 Å². The Balaban J connectivity index is 3.61. The lowest BCUT2D eigenvalue weighted by molar-refractivity contribution is -0.814. The van der Waals surface area contributed by atoms with E-state index in [2.05, 4.69) is 6.92 Å². The van der Waals surface area contributed by atoms with Crippen LogP contribution >= 0.6 is 0 Å². The number of amides is 1. The monoisotopic (exact) mass is 377 g/mol. The van der Waals surface area contributed by atoms with Gasteiger partial charge in [-0.1, -0.05) is 71.1 Å². The van der Waals surface area contributed by atoms with E-state index in [1.165, 1.54) is 57.8 Å². The molecule has 0 aromatic carbocycles. The van der Waals surface area contributed by atoms with Crippen molar-refractivity contribution in [3.8, 4) is 0 Å². The van der Waals surface area contributed by atoms with Gasteiger partial charge in [-0.25, -0.2) is 13.2 Å². The fraction of sp³-hybridized carbons (Fsp3) is 0.947. The first-order valence-corrected chi connectivity index (χ1v) is 11.6. The zero-order chi connectivity index (χ0) is 19.2. The quantitative estimate of drug-likeness (QED) is 0.229. The molecular weight excluding hydrogens is 338 g/mol. The van der Waals surface area contributed by atoms with Gasteiger partial charge < -0.3 is 4.55 Å². The van der Waals surface area contributed by atoms with Gasteiger partial charge in [-0.05, 0) is 6.42 Å². The van der Waals surface area contributed by atoms with Crippen LogP contribution in [0.2, 0.25) is 0 Å². The van der Waals surface area contributed by atoms with Crippen molar-refractivity contribution in [2.24, 2.45) is 0 Å². The highest BCUT2D eigenvalue weighted by molar-refractivity contribution is 7.85. The second kappa shape index (κ2) is 13.7. The van der Waals surface area contributed by atoms with Crippen LogP contribution in [0.25, 0.3) is 0 Å². The van der Waals surface area contributed by atoms with Crippen LogP contribution in [0.5, 0.6) is 0 Å². The second-order valence-electron chi connectivity index (χ2n) is 7.70. The maximum atomic E-state index is 12.2. The predicted molar refractivity (Wildman–Crippen MR) is 102 cm³/mol. The highest BCUT2D eigenvalue weighted by atomic mass is 32.2. The molecule has 0 aliphatic heterocycles. The zero-order valence-corrected chi connectivity index (χ0v) is 17.4. The molecule has 0 aliphatic rings. The van der Waals surface area contributed by atoms with Crippen LogP contribution in [-0.2, 0) is 14.9 Å². The third kappa shape index (κ3) is 15.5. The molecule has 0 N–H and O–H groups in total. The first kappa shape index (κ1) is 24.5. The molecular formula is C19H39NO4S. The Hall–Kier alpha value is -0.460. The number of unbranched alkanes of at least 4 members (excludes halogenated alkanes) is 10. The average Bonchev–Trinajstić information content (AvgIpc) is 2.50. The summed E-state index contributed by atoms with van der Waals surface area (Å²) in [6.45, 7) is 2.64. The summed E-state index contributed by atoms with van der Waals surface area (Å²) in [5.74, 6) is -0.264. The summed E-state index contributed by atoms with van der Waals surface area (Å²) in [4.78, 5) is 12.2. The second-order valence-corrected chi connectivity index (χ2v) is 9.23. The highest BCUT2D eigenvalue weighted by Gasteiger charge is 2.25. The lowest BCUT2D eigenvalue weighted by Gasteiger charge is -2.27. The van der Waals surface area contributed by atoms with E-state index in [1.54, 1.807) is 14.1 Å². The molecule has 6 heteroatoms. The lowest BCUT2D eigenvalue weighted by atomic mass is 10.0. The van der Waals surface area contributed by atoms with Crippen LogP contribution in [0, 0.1) is 0 Å². The minimum Gasteiger partial charge on any atom is -0.748 e. The van der Waals surface area contributed by atoms with Gasteiger partial charge in [-0.2, -0.15) is 0 Å². The van der Waals surface area contributed by atoms with E-state index in [0.29, 0.717) is 13.0 Å². The fourth-order valence-electron chi connectivity index (χ4n) is 3.00. The van der Waals surface area contributed by atoms with Crippen molar-refractivity contribution in [2.75, 3.05) is 26.4 Å². The number of rotatable bonds is 16. The first-order chi connectivity index (χ1) is 11.7. The molecule has 0 heterocycles. The summed E-state index contributed by atoms with van der Waals surface area (Å²) in [5.41, 5.74) is 0. The summed E-state index contributed by atoms with van der Waals surface area (Å²) >= 11 is 0. The number of quaternary nitrogens is 1. The van der Waals surface area contributed by atoms with E-state index >= 15 is 0 Å². The molecule has 0 aromatic rings. The van der Waals surface area contributed by atoms with Crippen LogP contribution in [0.1, 0.15) is 90.4 Å². The summed E-state index contributed by atoms with van der Waals surface area (Å²) < 4.78 is 32.0. The molecule has 0 spiro atoms. The van der Waals surface area contributed by atoms with Gasteiger partial charge in [-0.15, -0.1) is 0 Å². The molecule has 0 aliphatic carbocycles. The molecule has 0 aromatic heterocycles. The maximum Gasteiger partial charge on any atom is 0.313 e. The Morgan fingerprint density at radius 1 is 0.800 bits per heavy atom. The summed E-state index contributed by atoms with van der Waals surface area (Å²) in [6, 6.07) is 0. The largest absolute Gasteiger partial charge is 0.748 e. The molecule has 0 radical (unpaired) electrons. The fourth-order valence-corrected chi connectivity index (χ4v) is 3.49. The molecule has 0 rings (SSSR count). The Morgan fingerprint density at radius 3 is 1.68 bits per heavy atom. The number of nitrogens with zero attached hydrogens (tertiary/aromatic N) is 1. The third-order valence-electron chi connectivity index (χ3n) is 4.78. The highest BCUT2D eigenvalue weighted by Crippen LogP contribution is 2.13. The van der Waals surface area contributed by atoms with Gasteiger partial charge in [0, 0.05) is 12.2 Å². The number of hydrogen-bond acceptors (Lipinski definition) is 4. The van der Waals surface area contributed by atoms with E-state index in [-0.39, 0.29) is 22.6 Å². The van der Waals surface area contributed by atoms with E-state index in [0.717, 1.165) is 12.8 Å². The minimum atomic E-state index is -4.18. The van der Waals surface area contributed by atoms with E-state index < -0.39 is 10.1 Å². The number of hydrogen-bond donors (Lipinski definition) is 0. The van der Waals surface area contributed by atoms with Gasteiger partial charge in [0.05, 0.1) is 37.2 Å². The van der Waals surface area contributed by atoms with Crippen molar-refractivity contribution in [3.63, 3.8) is 0 Å². The molecule has 5 nitrogen and oxygen atoms in total. The average molecular weight is 378 g/mol. The van der Waals surface area contributed by atoms with Crippen LogP contribution in [0.15, 0.2) is 0 Å². The smallest absolute Gasteiger partial charge is 0.313 e. The first-order valence-electron chi connectivity index (χ1n) is 9.99. The Morgan fingerprint density at radius 2 is 1.24 bits per heavy atom. The van der Waals surface area contributed by atoms with Crippen molar-refractivity contribution in [1.82, 2.24) is 0 Å². The molecule has 1 amide bonds. The third-order valence-corrected chi connectivity index (χ3v) is 5.57. The minimum absolute atomic E-state index is 0.124. The normalized spacial score (nSPS) is 12.5. The van der Waals surface area contributed by atoms with Crippen LogP contribution in [0.3, 0.4) is 0 Å². The number of carbonyl (C=O) groups is 1. The van der Waals surface area contributed by atoms with Crippen LogP contribution in [-0.4, -0.2) is 49.8 Å². The van der Waals surface area contributed by atoms with Crippen molar-refractivity contribution in [1.29, 1.82) is 0 Å². The SMILES string of the molecule is CCCCCCCCCCCCCC(=O)[N+](C)(C)CCCS(=O)(=O)[O-]. The standard InChI is InChI=1S/C19H39NO4S/c1-4-5-6-7-8-9-10-11-12-13-14-16-19(21)20(2,3)17-15-18-25(22,23)24/h4-18H2,1-3H3. The Kier molecular flexibility index (Phi) is 13.5. The molecule has 0 bridgehead atoms. The van der Waals surface area contributed by atoms with Gasteiger partial charge in [0.25, 0.3) is 0 Å². The number of carbonyl (C=O) groups excluding carboxylic acids is 1. The van der Waals surface area contributed by atoms with Gasteiger partial charge in [0.15, 0.2) is 0 Å². The molecule has 25 heavy (non-hydrogen) atoms. The van der Waals surface area contributed by atoms with E-state index in [1.807, 2.05) is 0 Å². The van der Waals surface area contributed by atoms with Crippen molar-refractivity contribution >= 4 is 16.0 Å². The van der Waals surface area contributed by atoms with Gasteiger partial charge in [-0.3, -0.25) is 4.48 Å². The van der Waals surface area contributed by atoms with Crippen molar-refractivity contribution in [3.05, 3.63) is 0 Å². The van der Waals surface area contributed by atoms with Crippen molar-refractivity contribution in [2.45, 2.75) is 90.4 Å². The molecule has 0 unspecified atom stereocenters. The predicted octanol–water partition coefficient (Wildman–Crippen LogP) is 4.23. The lowest BCUT2D eigenvalue weighted by Crippen LogP contribution is -2.46. The Labute approximate surface area is 155 Å². The van der Waals surface area contributed by atoms with Gasteiger partial charge in [0.2, 0.25) is 0 Å². The van der Waals surface area contributed by atoms with E-state index in [9.17, 15) is 17.8 Å². The Bertz CT molecular complexity index is 446. The van der Waals surface area contributed by atoms with E-state index in [4.69, 9.17) is 0 Å². The van der Waals surface area contributed by atoms with Crippen LogP contribution in [0.4, 0.5) is 0 Å². The van der Waals surface area contributed by atoms with Crippen LogP contribution < -0.4 is 0 Å². The summed E-state index contributed by atoms with van der Waals surface area (Å²) in [7, 11) is -0.603.